The summed E-state index contributed by atoms with van der Waals surface area (Å²) < 4.78 is 47.9. The topological polar surface area (TPSA) is 70.9 Å². The normalized spacial score (nSPS) is 13.7. The first-order valence-electron chi connectivity index (χ1n) is 7.70. The van der Waals surface area contributed by atoms with E-state index in [1.807, 2.05) is 22.8 Å². The van der Waals surface area contributed by atoms with Crippen molar-refractivity contribution < 1.29 is 17.9 Å². The number of imidazole rings is 2. The van der Waals surface area contributed by atoms with E-state index in [0.717, 1.165) is 14.6 Å². The molecule has 0 aliphatic carbocycles. The predicted octanol–water partition coefficient (Wildman–Crippen LogP) is 3.71. The van der Waals surface area contributed by atoms with Gasteiger partial charge in [-0.2, -0.15) is 13.2 Å². The summed E-state index contributed by atoms with van der Waals surface area (Å²) in [6.45, 7) is -0.239. The summed E-state index contributed by atoms with van der Waals surface area (Å²) in [5.41, 5.74) is 6.71. The molecule has 0 saturated heterocycles. The van der Waals surface area contributed by atoms with E-state index in [9.17, 15) is 13.2 Å². The summed E-state index contributed by atoms with van der Waals surface area (Å²) >= 11 is 3.40. The molecule has 0 atom stereocenters. The predicted molar refractivity (Wildman–Crippen MR) is 92.5 cm³/mol. The van der Waals surface area contributed by atoms with E-state index in [2.05, 4.69) is 25.9 Å². The number of alkyl halides is 3. The summed E-state index contributed by atoms with van der Waals surface area (Å²) in [5.74, 6) is 1.37. The minimum Gasteiger partial charge on any atom is -0.491 e. The zero-order valence-corrected chi connectivity index (χ0v) is 14.9. The van der Waals surface area contributed by atoms with Crippen LogP contribution in [-0.2, 0) is 13.1 Å². The molecule has 1 aliphatic heterocycles. The minimum absolute atomic E-state index is 0.0140. The number of nitrogens with two attached hydrogens (primary N) is 1. The van der Waals surface area contributed by atoms with Gasteiger partial charge in [-0.15, -0.1) is 0 Å². The van der Waals surface area contributed by atoms with Crippen LogP contribution in [0.5, 0.6) is 5.75 Å². The fourth-order valence-electron chi connectivity index (χ4n) is 2.92. The van der Waals surface area contributed by atoms with E-state index < -0.39 is 12.7 Å². The maximum atomic E-state index is 12.8. The summed E-state index contributed by atoms with van der Waals surface area (Å²) in [7, 11) is 0. The number of nitrogen functional groups attached to an aromatic ring is 1. The number of hydrogen-bond donors (Lipinski definition) is 1. The SMILES string of the molecule is Nc1cn(CC(F)(F)F)c(-c2cn3c(n2)-c2ccc(Br)cc2OCC3)n1. The Morgan fingerprint density at radius 1 is 1.19 bits per heavy atom. The van der Waals surface area contributed by atoms with Crippen LogP contribution in [0.4, 0.5) is 19.0 Å². The maximum Gasteiger partial charge on any atom is 0.406 e. The summed E-state index contributed by atoms with van der Waals surface area (Å²) in [5, 5.41) is 0. The van der Waals surface area contributed by atoms with Gasteiger partial charge >= 0.3 is 6.18 Å². The highest BCUT2D eigenvalue weighted by Crippen LogP contribution is 2.36. The van der Waals surface area contributed by atoms with Gasteiger partial charge in [0.2, 0.25) is 0 Å². The Bertz CT molecular complexity index is 979. The first kappa shape index (κ1) is 17.0. The molecule has 1 aliphatic rings. The van der Waals surface area contributed by atoms with Gasteiger partial charge in [0.25, 0.3) is 0 Å². The van der Waals surface area contributed by atoms with Crippen LogP contribution in [0.2, 0.25) is 0 Å². The number of halogens is 4. The summed E-state index contributed by atoms with van der Waals surface area (Å²) in [6, 6.07) is 5.54. The van der Waals surface area contributed by atoms with Crippen LogP contribution < -0.4 is 10.5 Å². The molecule has 0 bridgehead atoms. The van der Waals surface area contributed by atoms with Crippen LogP contribution in [-0.4, -0.2) is 31.9 Å². The quantitative estimate of drug-likeness (QED) is 0.676. The number of nitrogens with zero attached hydrogens (tertiary/aromatic N) is 4. The second kappa shape index (κ2) is 6.04. The lowest BCUT2D eigenvalue weighted by Crippen LogP contribution is -2.17. The number of anilines is 1. The molecule has 6 nitrogen and oxygen atoms in total. The molecule has 0 amide bonds. The lowest BCUT2D eigenvalue weighted by atomic mass is 10.2. The Labute approximate surface area is 154 Å². The Kier molecular flexibility index (Phi) is 3.94. The van der Waals surface area contributed by atoms with Crippen LogP contribution in [0.15, 0.2) is 35.1 Å². The van der Waals surface area contributed by atoms with Crippen LogP contribution in [0.3, 0.4) is 0 Å². The van der Waals surface area contributed by atoms with Gasteiger partial charge in [0, 0.05) is 16.9 Å². The van der Waals surface area contributed by atoms with E-state index in [-0.39, 0.29) is 11.6 Å². The third-order valence-electron chi connectivity index (χ3n) is 3.92. The van der Waals surface area contributed by atoms with Crippen molar-refractivity contribution in [1.82, 2.24) is 19.1 Å². The maximum absolute atomic E-state index is 12.8. The van der Waals surface area contributed by atoms with Crippen LogP contribution in [0.1, 0.15) is 0 Å². The minimum atomic E-state index is -4.38. The molecule has 0 spiro atoms. The molecule has 2 N–H and O–H groups in total. The number of benzene rings is 1. The van der Waals surface area contributed by atoms with Crippen molar-refractivity contribution >= 4 is 21.7 Å². The fourth-order valence-corrected chi connectivity index (χ4v) is 3.26. The molecule has 3 heterocycles. The first-order chi connectivity index (χ1) is 12.3. The third-order valence-corrected chi connectivity index (χ3v) is 4.42. The zero-order valence-electron chi connectivity index (χ0n) is 13.3. The monoisotopic (exact) mass is 427 g/mol. The van der Waals surface area contributed by atoms with Gasteiger partial charge in [0.05, 0.1) is 12.1 Å². The Balaban J connectivity index is 1.81. The van der Waals surface area contributed by atoms with Crippen molar-refractivity contribution in [2.45, 2.75) is 19.3 Å². The molecule has 0 radical (unpaired) electrons. The van der Waals surface area contributed by atoms with E-state index in [1.54, 1.807) is 6.20 Å². The molecule has 136 valence electrons. The first-order valence-corrected chi connectivity index (χ1v) is 8.49. The van der Waals surface area contributed by atoms with Crippen LogP contribution in [0, 0.1) is 0 Å². The van der Waals surface area contributed by atoms with Crippen molar-refractivity contribution in [2.24, 2.45) is 0 Å². The Morgan fingerprint density at radius 2 is 2.00 bits per heavy atom. The molecule has 2 aromatic heterocycles. The highest BCUT2D eigenvalue weighted by Gasteiger charge is 2.30. The summed E-state index contributed by atoms with van der Waals surface area (Å²) in [6.07, 6.45) is -1.54. The smallest absolute Gasteiger partial charge is 0.406 e. The van der Waals surface area contributed by atoms with Crippen molar-refractivity contribution in [3.05, 3.63) is 35.1 Å². The standard InChI is InChI=1S/C16H13BrF3N5O/c17-9-1-2-10-12(5-9)26-4-3-24-6-11(22-14(10)24)15-23-13(21)7-25(15)8-16(18,19)20/h1-2,5-7H,3-4,8,21H2. The number of ether oxygens (including phenoxy) is 1. The van der Waals surface area contributed by atoms with E-state index in [4.69, 9.17) is 10.5 Å². The van der Waals surface area contributed by atoms with Crippen LogP contribution in [0.25, 0.3) is 22.9 Å². The number of rotatable bonds is 2. The molecule has 4 rings (SSSR count). The lowest BCUT2D eigenvalue weighted by Gasteiger charge is -2.09. The van der Waals surface area contributed by atoms with Gasteiger partial charge < -0.3 is 19.6 Å². The molecule has 0 unspecified atom stereocenters. The van der Waals surface area contributed by atoms with Gasteiger partial charge in [-0.1, -0.05) is 15.9 Å². The van der Waals surface area contributed by atoms with Gasteiger partial charge in [0.1, 0.15) is 36.2 Å². The van der Waals surface area contributed by atoms with Gasteiger partial charge in [0.15, 0.2) is 5.82 Å². The lowest BCUT2D eigenvalue weighted by molar-refractivity contribution is -0.140. The summed E-state index contributed by atoms with van der Waals surface area (Å²) in [4.78, 5) is 8.55. The van der Waals surface area contributed by atoms with E-state index in [0.29, 0.717) is 30.4 Å². The average Bonchev–Trinajstić information content (AvgIpc) is 3.05. The van der Waals surface area contributed by atoms with Crippen molar-refractivity contribution in [1.29, 1.82) is 0 Å². The molecular weight excluding hydrogens is 415 g/mol. The highest BCUT2D eigenvalue weighted by molar-refractivity contribution is 9.10. The van der Waals surface area contributed by atoms with E-state index >= 15 is 0 Å². The van der Waals surface area contributed by atoms with Gasteiger partial charge in [-0.3, -0.25) is 0 Å². The molecule has 0 fully saturated rings. The van der Waals surface area contributed by atoms with Gasteiger partial charge in [-0.25, -0.2) is 9.97 Å². The largest absolute Gasteiger partial charge is 0.491 e. The Morgan fingerprint density at radius 3 is 2.77 bits per heavy atom. The molecule has 26 heavy (non-hydrogen) atoms. The molecule has 0 saturated carbocycles. The van der Waals surface area contributed by atoms with Gasteiger partial charge in [-0.05, 0) is 18.2 Å². The molecule has 10 heteroatoms. The molecular formula is C16H13BrF3N5O. The highest BCUT2D eigenvalue weighted by atomic mass is 79.9. The van der Waals surface area contributed by atoms with Crippen molar-refractivity contribution in [2.75, 3.05) is 12.3 Å². The Hall–Kier alpha value is -2.49. The second-order valence-corrected chi connectivity index (χ2v) is 6.78. The second-order valence-electron chi connectivity index (χ2n) is 5.86. The van der Waals surface area contributed by atoms with Crippen molar-refractivity contribution in [3.8, 4) is 28.7 Å². The fraction of sp³-hybridized carbons (Fsp3) is 0.250. The third kappa shape index (κ3) is 3.16. The zero-order chi connectivity index (χ0) is 18.5. The average molecular weight is 428 g/mol. The number of fused-ring (bicyclic) bond motifs is 3. The van der Waals surface area contributed by atoms with E-state index in [1.165, 1.54) is 6.20 Å². The molecule has 1 aromatic carbocycles. The van der Waals surface area contributed by atoms with Crippen LogP contribution >= 0.6 is 15.9 Å². The number of hydrogen-bond acceptors (Lipinski definition) is 4. The number of aromatic nitrogens is 4. The molecule has 3 aromatic rings. The van der Waals surface area contributed by atoms with Crippen molar-refractivity contribution in [3.63, 3.8) is 0 Å².